The Morgan fingerprint density at radius 2 is 1.48 bits per heavy atom. The van der Waals surface area contributed by atoms with E-state index in [1.165, 1.54) is 4.90 Å². The first-order valence-corrected chi connectivity index (χ1v) is 21.5. The summed E-state index contributed by atoms with van der Waals surface area (Å²) in [5.74, 6) is -3.83. The number of hydrogen-bond donors (Lipinski definition) is 2. The Bertz CT molecular complexity index is 1680. The lowest BCUT2D eigenvalue weighted by molar-refractivity contribution is -0.159. The molecule has 2 aromatic rings. The minimum absolute atomic E-state index is 0.0433. The van der Waals surface area contributed by atoms with Crippen molar-refractivity contribution in [2.75, 3.05) is 38.7 Å². The maximum Gasteiger partial charge on any atom is 0.328 e. The SMILES string of the molecule is CC(C)(CCO[Si](c1ccccc1)(c1ccccc1)C(C)(C)C)COS(=O)(=O)CCOC[C@@H]1C[C@@H](NC(=O)/C=C/C(=O)O)C(=O)N1CC(=O)OC(C)(C)C. The van der Waals surface area contributed by atoms with E-state index in [2.05, 4.69) is 50.4 Å². The van der Waals surface area contributed by atoms with Gasteiger partial charge in [0.05, 0.1) is 31.6 Å². The summed E-state index contributed by atoms with van der Waals surface area (Å²) in [7, 11) is -6.76. The Kier molecular flexibility index (Phi) is 15.4. The Labute approximate surface area is 320 Å². The first-order valence-electron chi connectivity index (χ1n) is 18.0. The van der Waals surface area contributed by atoms with Crippen LogP contribution in [0.1, 0.15) is 68.2 Å². The largest absolute Gasteiger partial charge is 0.478 e. The molecule has 0 saturated carbocycles. The highest BCUT2D eigenvalue weighted by Crippen LogP contribution is 2.37. The maximum atomic E-state index is 13.2. The first-order chi connectivity index (χ1) is 25.1. The fraction of sp³-hybridized carbons (Fsp3) is 0.538. The van der Waals surface area contributed by atoms with E-state index in [1.54, 1.807) is 20.8 Å². The van der Waals surface area contributed by atoms with Crippen LogP contribution in [0.3, 0.4) is 0 Å². The summed E-state index contributed by atoms with van der Waals surface area (Å²) in [4.78, 5) is 49.9. The van der Waals surface area contributed by atoms with Gasteiger partial charge in [-0.15, -0.1) is 0 Å². The number of carboxylic acids is 1. The number of carbonyl (C=O) groups is 4. The van der Waals surface area contributed by atoms with Gasteiger partial charge < -0.3 is 29.2 Å². The van der Waals surface area contributed by atoms with E-state index in [0.717, 1.165) is 16.4 Å². The highest BCUT2D eigenvalue weighted by atomic mass is 32.2. The summed E-state index contributed by atoms with van der Waals surface area (Å²) in [5.41, 5.74) is -1.36. The molecule has 2 amide bonds. The smallest absolute Gasteiger partial charge is 0.328 e. The van der Waals surface area contributed by atoms with Crippen molar-refractivity contribution >= 4 is 52.6 Å². The summed E-state index contributed by atoms with van der Waals surface area (Å²) in [5, 5.41) is 13.4. The Hall–Kier alpha value is -3.89. The molecule has 1 fully saturated rings. The van der Waals surface area contributed by atoms with Crippen molar-refractivity contribution in [3.05, 3.63) is 72.8 Å². The lowest BCUT2D eigenvalue weighted by Crippen LogP contribution is -2.66. The van der Waals surface area contributed by atoms with Crippen LogP contribution in [0.15, 0.2) is 72.8 Å². The molecule has 54 heavy (non-hydrogen) atoms. The van der Waals surface area contributed by atoms with Gasteiger partial charge in [-0.2, -0.15) is 8.42 Å². The van der Waals surface area contributed by atoms with E-state index in [4.69, 9.17) is 23.2 Å². The van der Waals surface area contributed by atoms with Crippen LogP contribution >= 0.6 is 0 Å². The molecule has 0 spiro atoms. The molecule has 0 unspecified atom stereocenters. The number of benzene rings is 2. The third kappa shape index (κ3) is 13.1. The summed E-state index contributed by atoms with van der Waals surface area (Å²) in [6.07, 6.45) is 2.01. The normalized spacial score (nSPS) is 17.2. The van der Waals surface area contributed by atoms with E-state index < -0.39 is 77.6 Å². The molecule has 2 atom stereocenters. The third-order valence-electron chi connectivity index (χ3n) is 8.87. The van der Waals surface area contributed by atoms with Gasteiger partial charge in [-0.1, -0.05) is 95.3 Å². The van der Waals surface area contributed by atoms with Gasteiger partial charge >= 0.3 is 11.9 Å². The number of rotatable bonds is 19. The van der Waals surface area contributed by atoms with Gasteiger partial charge in [-0.05, 0) is 54.4 Å². The van der Waals surface area contributed by atoms with Gasteiger partial charge in [0.15, 0.2) is 0 Å². The second-order valence-corrected chi connectivity index (χ2v) is 22.3. The van der Waals surface area contributed by atoms with Crippen LogP contribution in [0.4, 0.5) is 0 Å². The van der Waals surface area contributed by atoms with Gasteiger partial charge in [0.2, 0.25) is 11.8 Å². The van der Waals surface area contributed by atoms with Gasteiger partial charge in [0, 0.05) is 18.8 Å². The summed E-state index contributed by atoms with van der Waals surface area (Å²) in [6.45, 7) is 15.0. The van der Waals surface area contributed by atoms with E-state index in [-0.39, 0.29) is 31.3 Å². The van der Waals surface area contributed by atoms with Gasteiger partial charge in [-0.25, -0.2) is 4.79 Å². The molecule has 1 aliphatic rings. The summed E-state index contributed by atoms with van der Waals surface area (Å²) >= 11 is 0. The van der Waals surface area contributed by atoms with Crippen molar-refractivity contribution in [2.24, 2.45) is 5.41 Å². The molecule has 1 saturated heterocycles. The molecule has 2 aromatic carbocycles. The quantitative estimate of drug-likeness (QED) is 0.0702. The molecule has 2 N–H and O–H groups in total. The van der Waals surface area contributed by atoms with Crippen LogP contribution in [0.25, 0.3) is 0 Å². The monoisotopic (exact) mass is 788 g/mol. The highest BCUT2D eigenvalue weighted by Gasteiger charge is 2.50. The van der Waals surface area contributed by atoms with Crippen molar-refractivity contribution in [3.8, 4) is 0 Å². The third-order valence-corrected chi connectivity index (χ3v) is 15.1. The van der Waals surface area contributed by atoms with Crippen LogP contribution < -0.4 is 15.7 Å². The van der Waals surface area contributed by atoms with Crippen LogP contribution in [0, 0.1) is 5.41 Å². The van der Waals surface area contributed by atoms with Gasteiger partial charge in [0.25, 0.3) is 18.4 Å². The van der Waals surface area contributed by atoms with Crippen molar-refractivity contribution in [1.82, 2.24) is 10.2 Å². The van der Waals surface area contributed by atoms with E-state index in [9.17, 15) is 27.6 Å². The van der Waals surface area contributed by atoms with E-state index >= 15 is 0 Å². The number of hydrogen-bond acceptors (Lipinski definition) is 10. The van der Waals surface area contributed by atoms with Gasteiger partial charge in [0.1, 0.15) is 18.2 Å². The van der Waals surface area contributed by atoms with Crippen LogP contribution in [-0.4, -0.2) is 107 Å². The highest BCUT2D eigenvalue weighted by molar-refractivity contribution is 7.86. The molecule has 1 aliphatic heterocycles. The molecular weight excluding hydrogens is 733 g/mol. The Morgan fingerprint density at radius 1 is 0.907 bits per heavy atom. The molecule has 0 bridgehead atoms. The fourth-order valence-corrected chi connectivity index (χ4v) is 11.8. The number of likely N-dealkylation sites (tertiary alicyclic amines) is 1. The predicted molar refractivity (Wildman–Crippen MR) is 207 cm³/mol. The number of nitrogens with one attached hydrogen (secondary N) is 1. The van der Waals surface area contributed by atoms with E-state index in [1.807, 2.05) is 50.2 Å². The number of ether oxygens (including phenoxy) is 2. The van der Waals surface area contributed by atoms with Crippen molar-refractivity contribution in [1.29, 1.82) is 0 Å². The number of carbonyl (C=O) groups excluding carboxylic acids is 3. The van der Waals surface area contributed by atoms with Gasteiger partial charge in [-0.3, -0.25) is 18.6 Å². The molecule has 0 aliphatic carbocycles. The zero-order valence-corrected chi connectivity index (χ0v) is 34.4. The zero-order chi connectivity index (χ0) is 40.4. The van der Waals surface area contributed by atoms with Crippen molar-refractivity contribution < 1.29 is 50.8 Å². The predicted octanol–water partition coefficient (Wildman–Crippen LogP) is 3.41. The number of aliphatic carboxylic acids is 1. The average Bonchev–Trinajstić information content (AvgIpc) is 3.35. The second kappa shape index (κ2) is 18.6. The maximum absolute atomic E-state index is 13.2. The minimum Gasteiger partial charge on any atom is -0.478 e. The molecule has 13 nitrogen and oxygen atoms in total. The molecular formula is C39H56N2O11SSi. The molecule has 0 aromatic heterocycles. The Balaban J connectivity index is 1.58. The topological polar surface area (TPSA) is 175 Å². The number of esters is 1. The van der Waals surface area contributed by atoms with Crippen molar-refractivity contribution in [3.63, 3.8) is 0 Å². The average molecular weight is 789 g/mol. The Morgan fingerprint density at radius 3 is 2.00 bits per heavy atom. The molecule has 15 heteroatoms. The van der Waals surface area contributed by atoms with Crippen LogP contribution in [0.2, 0.25) is 5.04 Å². The molecule has 0 radical (unpaired) electrons. The van der Waals surface area contributed by atoms with Crippen LogP contribution in [-0.2, 0) is 47.4 Å². The summed E-state index contributed by atoms with van der Waals surface area (Å²) in [6, 6.07) is 18.8. The number of nitrogens with zero attached hydrogens (tertiary/aromatic N) is 1. The minimum atomic E-state index is -4.00. The molecule has 3 rings (SSSR count). The molecule has 298 valence electrons. The second-order valence-electron chi connectivity index (χ2n) is 16.2. The summed E-state index contributed by atoms with van der Waals surface area (Å²) < 4.78 is 49.3. The van der Waals surface area contributed by atoms with Crippen molar-refractivity contribution in [2.45, 2.75) is 91.0 Å². The van der Waals surface area contributed by atoms with Crippen LogP contribution in [0.5, 0.6) is 0 Å². The zero-order valence-electron chi connectivity index (χ0n) is 32.6. The first kappa shape index (κ1) is 44.5. The number of amides is 2. The lowest BCUT2D eigenvalue weighted by atomic mass is 9.91. The fourth-order valence-electron chi connectivity index (χ4n) is 6.25. The lowest BCUT2D eigenvalue weighted by Gasteiger charge is -2.43. The standard InChI is InChI=1S/C39H56N2O11SSi/c1-37(2,3)52-35(45)26-41-29(25-32(36(41)46)40-33(42)19-20-34(43)44)27-49-23-24-53(47,48)50-28-39(7,8)21-22-51-54(38(4,5)6,30-15-11-9-12-16-30)31-17-13-10-14-18-31/h9-20,29,32H,21-28H2,1-8H3,(H,40,42)(H,43,44)/b20-19+/t29-,32+/m0/s1. The molecule has 1 heterocycles. The number of carboxylic acid groups (broad SMARTS) is 1. The van der Waals surface area contributed by atoms with E-state index in [0.29, 0.717) is 19.1 Å².